The summed E-state index contributed by atoms with van der Waals surface area (Å²) in [6.45, 7) is 2.63. The molecular formula is C19H27N3O3S. The Morgan fingerprint density at radius 1 is 1.35 bits per heavy atom. The standard InChI is InChI=1S/C19H27N3O3S/c1-3-25-18(23)16-14(12-22(2)13-8-5-4-6-9-13)20-19(24)21-17(16)15-10-7-11-26-15/h7,10-11,13,17H,3-6,8-9,12H2,1-2H3,(H2,20,21,24)/t17-/m0/s1. The van der Waals surface area contributed by atoms with Crippen LogP contribution in [0.25, 0.3) is 0 Å². The molecule has 0 bridgehead atoms. The Hall–Kier alpha value is -1.86. The van der Waals surface area contributed by atoms with E-state index in [0.29, 0.717) is 30.5 Å². The average molecular weight is 378 g/mol. The second kappa shape index (κ2) is 8.68. The predicted molar refractivity (Wildman–Crippen MR) is 102 cm³/mol. The number of amides is 2. The number of esters is 1. The van der Waals surface area contributed by atoms with Crippen LogP contribution < -0.4 is 10.6 Å². The fourth-order valence-electron chi connectivity index (χ4n) is 3.76. The number of hydrogen-bond acceptors (Lipinski definition) is 5. The number of hydrogen-bond donors (Lipinski definition) is 2. The van der Waals surface area contributed by atoms with E-state index in [1.807, 2.05) is 17.5 Å². The molecule has 6 nitrogen and oxygen atoms in total. The van der Waals surface area contributed by atoms with Crippen LogP contribution in [-0.2, 0) is 9.53 Å². The summed E-state index contributed by atoms with van der Waals surface area (Å²) >= 11 is 1.52. The molecule has 7 heteroatoms. The van der Waals surface area contributed by atoms with Crippen molar-refractivity contribution in [2.45, 2.75) is 51.1 Å². The van der Waals surface area contributed by atoms with Gasteiger partial charge >= 0.3 is 12.0 Å². The molecule has 1 aliphatic carbocycles. The first-order valence-electron chi connectivity index (χ1n) is 9.31. The number of carbonyl (C=O) groups is 2. The zero-order valence-electron chi connectivity index (χ0n) is 15.4. The van der Waals surface area contributed by atoms with Crippen molar-refractivity contribution >= 4 is 23.3 Å². The maximum absolute atomic E-state index is 12.7. The van der Waals surface area contributed by atoms with Gasteiger partial charge in [-0.15, -0.1) is 11.3 Å². The minimum Gasteiger partial charge on any atom is -0.463 e. The van der Waals surface area contributed by atoms with Gasteiger partial charge in [-0.1, -0.05) is 25.3 Å². The first-order valence-corrected chi connectivity index (χ1v) is 10.2. The number of nitrogens with one attached hydrogen (secondary N) is 2. The first-order chi connectivity index (χ1) is 12.6. The summed E-state index contributed by atoms with van der Waals surface area (Å²) in [6, 6.07) is 3.61. The second-order valence-corrected chi connectivity index (χ2v) is 7.85. The van der Waals surface area contributed by atoms with Gasteiger partial charge in [-0.3, -0.25) is 4.90 Å². The molecule has 1 aliphatic heterocycles. The molecule has 2 aliphatic rings. The number of carbonyl (C=O) groups excluding carboxylic acids is 2. The van der Waals surface area contributed by atoms with Crippen LogP contribution in [0.5, 0.6) is 0 Å². The van der Waals surface area contributed by atoms with E-state index in [1.54, 1.807) is 6.92 Å². The number of ether oxygens (including phenoxy) is 1. The largest absolute Gasteiger partial charge is 0.463 e. The van der Waals surface area contributed by atoms with Crippen molar-refractivity contribution < 1.29 is 14.3 Å². The molecule has 2 N–H and O–H groups in total. The van der Waals surface area contributed by atoms with Crippen molar-refractivity contribution in [2.75, 3.05) is 20.2 Å². The van der Waals surface area contributed by atoms with Crippen molar-refractivity contribution in [3.05, 3.63) is 33.7 Å². The lowest BCUT2D eigenvalue weighted by atomic mass is 9.94. The molecule has 0 aromatic carbocycles. The van der Waals surface area contributed by atoms with E-state index in [4.69, 9.17) is 4.74 Å². The highest BCUT2D eigenvalue weighted by molar-refractivity contribution is 7.10. The van der Waals surface area contributed by atoms with E-state index in [0.717, 1.165) is 4.88 Å². The molecule has 0 radical (unpaired) electrons. The number of urea groups is 1. The third-order valence-electron chi connectivity index (χ3n) is 5.08. The molecular weight excluding hydrogens is 350 g/mol. The molecule has 2 heterocycles. The van der Waals surface area contributed by atoms with Crippen LogP contribution in [-0.4, -0.2) is 43.1 Å². The summed E-state index contributed by atoms with van der Waals surface area (Å²) in [5.41, 5.74) is 1.16. The molecule has 0 saturated heterocycles. The predicted octanol–water partition coefficient (Wildman–Crippen LogP) is 3.18. The summed E-state index contributed by atoms with van der Waals surface area (Å²) < 4.78 is 5.30. The Labute approximate surface area is 158 Å². The smallest absolute Gasteiger partial charge is 0.338 e. The molecule has 1 aromatic heterocycles. The maximum Gasteiger partial charge on any atom is 0.338 e. The van der Waals surface area contributed by atoms with E-state index in [1.165, 1.54) is 43.4 Å². The zero-order valence-corrected chi connectivity index (χ0v) is 16.2. The molecule has 3 rings (SSSR count). The third-order valence-corrected chi connectivity index (χ3v) is 6.02. The van der Waals surface area contributed by atoms with Crippen LogP contribution in [0.4, 0.5) is 4.79 Å². The first kappa shape index (κ1) is 18.9. The van der Waals surface area contributed by atoms with Crippen molar-refractivity contribution in [1.82, 2.24) is 15.5 Å². The minimum atomic E-state index is -0.461. The molecule has 0 unspecified atom stereocenters. The highest BCUT2D eigenvalue weighted by Gasteiger charge is 2.35. The van der Waals surface area contributed by atoms with Gasteiger partial charge in [-0.05, 0) is 38.3 Å². The van der Waals surface area contributed by atoms with E-state index in [9.17, 15) is 9.59 Å². The van der Waals surface area contributed by atoms with Gasteiger partial charge in [0.1, 0.15) is 0 Å². The van der Waals surface area contributed by atoms with Gasteiger partial charge in [0.25, 0.3) is 0 Å². The minimum absolute atomic E-state index is 0.275. The van der Waals surface area contributed by atoms with Gasteiger partial charge in [0.2, 0.25) is 0 Å². The van der Waals surface area contributed by atoms with Gasteiger partial charge in [-0.2, -0.15) is 0 Å². The van der Waals surface area contributed by atoms with Crippen LogP contribution in [0.3, 0.4) is 0 Å². The average Bonchev–Trinajstić information content (AvgIpc) is 3.16. The quantitative estimate of drug-likeness (QED) is 0.747. The van der Waals surface area contributed by atoms with Gasteiger partial charge < -0.3 is 15.4 Å². The van der Waals surface area contributed by atoms with Crippen LogP contribution in [0.15, 0.2) is 28.8 Å². The Balaban J connectivity index is 1.90. The molecule has 1 saturated carbocycles. The lowest BCUT2D eigenvalue weighted by Crippen LogP contribution is -2.49. The Morgan fingerprint density at radius 3 is 2.77 bits per heavy atom. The number of rotatable bonds is 6. The van der Waals surface area contributed by atoms with E-state index < -0.39 is 6.04 Å². The molecule has 2 amide bonds. The monoisotopic (exact) mass is 377 g/mol. The van der Waals surface area contributed by atoms with Gasteiger partial charge in [0, 0.05) is 23.2 Å². The number of thiophene rings is 1. The van der Waals surface area contributed by atoms with E-state index >= 15 is 0 Å². The fraction of sp³-hybridized carbons (Fsp3) is 0.579. The van der Waals surface area contributed by atoms with Crippen LogP contribution in [0.1, 0.15) is 49.9 Å². The van der Waals surface area contributed by atoms with Crippen molar-refractivity contribution in [1.29, 1.82) is 0 Å². The molecule has 1 atom stereocenters. The number of likely N-dealkylation sites (N-methyl/N-ethyl adjacent to an activating group) is 1. The summed E-state index contributed by atoms with van der Waals surface area (Å²) in [5, 5.41) is 7.68. The summed E-state index contributed by atoms with van der Waals surface area (Å²) in [7, 11) is 2.07. The van der Waals surface area contributed by atoms with Gasteiger partial charge in [0.15, 0.2) is 0 Å². The topological polar surface area (TPSA) is 70.7 Å². The molecule has 26 heavy (non-hydrogen) atoms. The van der Waals surface area contributed by atoms with Crippen molar-refractivity contribution in [2.24, 2.45) is 0 Å². The SMILES string of the molecule is CCOC(=O)C1=C(CN(C)C2CCCCC2)NC(=O)N[C@H]1c1cccs1. The Morgan fingerprint density at radius 2 is 2.12 bits per heavy atom. The maximum atomic E-state index is 12.7. The van der Waals surface area contributed by atoms with E-state index in [2.05, 4.69) is 22.6 Å². The Bertz CT molecular complexity index is 666. The Kier molecular flexibility index (Phi) is 6.32. The fourth-order valence-corrected chi connectivity index (χ4v) is 4.55. The second-order valence-electron chi connectivity index (χ2n) is 6.87. The zero-order chi connectivity index (χ0) is 18.5. The summed E-state index contributed by atoms with van der Waals surface area (Å²) in [5.74, 6) is -0.370. The van der Waals surface area contributed by atoms with Gasteiger partial charge in [-0.25, -0.2) is 9.59 Å². The van der Waals surface area contributed by atoms with Crippen LogP contribution >= 0.6 is 11.3 Å². The lowest BCUT2D eigenvalue weighted by molar-refractivity contribution is -0.139. The lowest BCUT2D eigenvalue weighted by Gasteiger charge is -2.34. The third kappa shape index (κ3) is 4.27. The molecule has 1 aromatic rings. The van der Waals surface area contributed by atoms with E-state index in [-0.39, 0.29) is 12.0 Å². The summed E-state index contributed by atoms with van der Waals surface area (Å²) in [4.78, 5) is 28.1. The van der Waals surface area contributed by atoms with Crippen molar-refractivity contribution in [3.63, 3.8) is 0 Å². The number of nitrogens with zero attached hydrogens (tertiary/aromatic N) is 1. The highest BCUT2D eigenvalue weighted by Crippen LogP contribution is 2.31. The van der Waals surface area contributed by atoms with Gasteiger partial charge in [0.05, 0.1) is 18.2 Å². The molecule has 142 valence electrons. The van der Waals surface area contributed by atoms with Crippen LogP contribution in [0.2, 0.25) is 0 Å². The molecule has 1 fully saturated rings. The van der Waals surface area contributed by atoms with Crippen molar-refractivity contribution in [3.8, 4) is 0 Å². The summed E-state index contributed by atoms with van der Waals surface area (Å²) in [6.07, 6.45) is 6.11. The molecule has 0 spiro atoms. The highest BCUT2D eigenvalue weighted by atomic mass is 32.1. The normalized spacial score (nSPS) is 21.5. The van der Waals surface area contributed by atoms with Crippen LogP contribution in [0, 0.1) is 0 Å².